The van der Waals surface area contributed by atoms with E-state index in [1.165, 1.54) is 7.11 Å². The monoisotopic (exact) mass is 423 g/mol. The Labute approximate surface area is 173 Å². The molecule has 0 radical (unpaired) electrons. The number of para-hydroxylation sites is 1. The first-order chi connectivity index (χ1) is 13.0. The molecule has 1 heterocycles. The maximum absolute atomic E-state index is 11.9. The van der Waals surface area contributed by atoms with Gasteiger partial charge in [-0.05, 0) is 42.5 Å². The van der Waals surface area contributed by atoms with Crippen LogP contribution in [0, 0.1) is 0 Å². The lowest BCUT2D eigenvalue weighted by Crippen LogP contribution is -2.50. The molecule has 3 rings (SSSR count). The summed E-state index contributed by atoms with van der Waals surface area (Å²) in [5.41, 5.74) is 2.14. The third-order valence-electron chi connectivity index (χ3n) is 4.41. The van der Waals surface area contributed by atoms with E-state index < -0.39 is 5.97 Å². The number of halogens is 2. The van der Waals surface area contributed by atoms with Gasteiger partial charge >= 0.3 is 5.97 Å². The molecule has 1 aliphatic heterocycles. The molecule has 2 aromatic rings. The molecule has 1 saturated heterocycles. The van der Waals surface area contributed by atoms with Crippen LogP contribution in [0.3, 0.4) is 0 Å². The van der Waals surface area contributed by atoms with E-state index in [1.54, 1.807) is 12.1 Å². The Morgan fingerprint density at radius 1 is 1.07 bits per heavy atom. The number of hydrogen-bond acceptors (Lipinski definition) is 4. The molecule has 1 N–H and O–H groups in total. The molecule has 0 amide bonds. The van der Waals surface area contributed by atoms with Gasteiger partial charge in [0, 0.05) is 31.9 Å². The molecule has 8 heteroatoms. The topological polar surface area (TPSA) is 44.8 Å². The third-order valence-corrected chi connectivity index (χ3v) is 5.51. The highest BCUT2D eigenvalue weighted by Crippen LogP contribution is 2.28. The van der Waals surface area contributed by atoms with Crippen molar-refractivity contribution < 1.29 is 9.53 Å². The van der Waals surface area contributed by atoms with Gasteiger partial charge in [-0.2, -0.15) is 0 Å². The second-order valence-electron chi connectivity index (χ2n) is 6.04. The predicted molar refractivity (Wildman–Crippen MR) is 114 cm³/mol. The highest BCUT2D eigenvalue weighted by molar-refractivity contribution is 7.80. The average Bonchev–Trinajstić information content (AvgIpc) is 2.70. The van der Waals surface area contributed by atoms with Crippen molar-refractivity contribution in [2.45, 2.75) is 0 Å². The largest absolute Gasteiger partial charge is 0.465 e. The summed E-state index contributed by atoms with van der Waals surface area (Å²) in [5, 5.41) is 4.85. The summed E-state index contributed by atoms with van der Waals surface area (Å²) >= 11 is 17.6. The Morgan fingerprint density at radius 3 is 2.44 bits per heavy atom. The minimum Gasteiger partial charge on any atom is -0.465 e. The van der Waals surface area contributed by atoms with Gasteiger partial charge in [0.25, 0.3) is 0 Å². The third kappa shape index (κ3) is 4.64. The van der Waals surface area contributed by atoms with Gasteiger partial charge in [0.15, 0.2) is 5.11 Å². The molecule has 27 heavy (non-hydrogen) atoms. The number of methoxy groups -OCH3 is 1. The Hall–Kier alpha value is -2.02. The van der Waals surface area contributed by atoms with E-state index >= 15 is 0 Å². The summed E-state index contributed by atoms with van der Waals surface area (Å²) in [6.07, 6.45) is 0. The fourth-order valence-corrected chi connectivity index (χ4v) is 3.51. The quantitative estimate of drug-likeness (QED) is 0.586. The van der Waals surface area contributed by atoms with E-state index in [2.05, 4.69) is 15.1 Å². The standard InChI is InChI=1S/C19H19Cl2N3O2S/c1-26-18(25)14-4-2-3-5-17(14)22-19(27)24-10-8-23(9-11-24)13-6-7-15(20)16(21)12-13/h2-7,12H,8-11H2,1H3,(H,22,27). The number of carbonyl (C=O) groups is 1. The number of benzene rings is 2. The zero-order chi connectivity index (χ0) is 19.4. The molecule has 5 nitrogen and oxygen atoms in total. The van der Waals surface area contributed by atoms with Crippen molar-refractivity contribution >= 4 is 57.9 Å². The highest BCUT2D eigenvalue weighted by atomic mass is 35.5. The number of hydrogen-bond donors (Lipinski definition) is 1. The summed E-state index contributed by atoms with van der Waals surface area (Å²) in [6, 6.07) is 12.8. The van der Waals surface area contributed by atoms with Gasteiger partial charge in [0.2, 0.25) is 0 Å². The van der Waals surface area contributed by atoms with Crippen LogP contribution in [-0.4, -0.2) is 49.3 Å². The molecule has 2 aromatic carbocycles. The Balaban J connectivity index is 1.62. The SMILES string of the molecule is COC(=O)c1ccccc1NC(=S)N1CCN(c2ccc(Cl)c(Cl)c2)CC1. The average molecular weight is 424 g/mol. The summed E-state index contributed by atoms with van der Waals surface area (Å²) < 4.78 is 4.82. The number of rotatable bonds is 3. The number of thiocarbonyl (C=S) groups is 1. The van der Waals surface area contributed by atoms with Crippen molar-refractivity contribution in [1.29, 1.82) is 0 Å². The second kappa shape index (κ2) is 8.78. The zero-order valence-corrected chi connectivity index (χ0v) is 17.1. The van der Waals surface area contributed by atoms with Crippen molar-refractivity contribution in [2.75, 3.05) is 43.5 Å². The van der Waals surface area contributed by atoms with Gasteiger partial charge < -0.3 is 19.9 Å². The number of carbonyl (C=O) groups excluding carboxylic acids is 1. The minimum atomic E-state index is -0.398. The molecule has 0 spiro atoms. The molecule has 142 valence electrons. The second-order valence-corrected chi connectivity index (χ2v) is 7.24. The van der Waals surface area contributed by atoms with Gasteiger partial charge in [-0.1, -0.05) is 35.3 Å². The van der Waals surface area contributed by atoms with Crippen molar-refractivity contribution in [3.8, 4) is 0 Å². The van der Waals surface area contributed by atoms with Crippen molar-refractivity contribution in [3.63, 3.8) is 0 Å². The summed E-state index contributed by atoms with van der Waals surface area (Å²) in [5.74, 6) is -0.398. The first-order valence-corrected chi connectivity index (χ1v) is 9.59. The van der Waals surface area contributed by atoms with Crippen LogP contribution in [0.25, 0.3) is 0 Å². The van der Waals surface area contributed by atoms with Crippen LogP contribution in [0.5, 0.6) is 0 Å². The van der Waals surface area contributed by atoms with E-state index in [4.69, 9.17) is 40.2 Å². The Bertz CT molecular complexity index is 855. The van der Waals surface area contributed by atoms with E-state index in [0.29, 0.717) is 26.4 Å². The maximum atomic E-state index is 11.9. The number of nitrogens with zero attached hydrogens (tertiary/aromatic N) is 2. The van der Waals surface area contributed by atoms with Crippen molar-refractivity contribution in [3.05, 3.63) is 58.1 Å². The molecule has 0 unspecified atom stereocenters. The van der Waals surface area contributed by atoms with Gasteiger partial charge in [-0.15, -0.1) is 0 Å². The Kier molecular flexibility index (Phi) is 6.42. The molecule has 1 fully saturated rings. The van der Waals surface area contributed by atoms with Crippen LogP contribution in [0.1, 0.15) is 10.4 Å². The molecule has 0 bridgehead atoms. The lowest BCUT2D eigenvalue weighted by molar-refractivity contribution is 0.0602. The summed E-state index contributed by atoms with van der Waals surface area (Å²) in [4.78, 5) is 16.2. The van der Waals surface area contributed by atoms with Crippen LogP contribution >= 0.6 is 35.4 Å². The highest BCUT2D eigenvalue weighted by Gasteiger charge is 2.21. The summed E-state index contributed by atoms with van der Waals surface area (Å²) in [7, 11) is 1.36. The number of ether oxygens (including phenoxy) is 1. The fraction of sp³-hybridized carbons (Fsp3) is 0.263. The lowest BCUT2D eigenvalue weighted by atomic mass is 10.2. The first kappa shape index (κ1) is 19.7. The smallest absolute Gasteiger partial charge is 0.339 e. The van der Waals surface area contributed by atoms with Crippen molar-refractivity contribution in [2.24, 2.45) is 0 Å². The van der Waals surface area contributed by atoms with Crippen molar-refractivity contribution in [1.82, 2.24) is 4.90 Å². The van der Waals surface area contributed by atoms with Gasteiger partial charge in [-0.25, -0.2) is 4.79 Å². The number of piperazine rings is 1. The molecular formula is C19H19Cl2N3O2S. The molecule has 0 aliphatic carbocycles. The normalized spacial score (nSPS) is 14.0. The molecular weight excluding hydrogens is 405 g/mol. The lowest BCUT2D eigenvalue weighted by Gasteiger charge is -2.37. The Morgan fingerprint density at radius 2 is 1.78 bits per heavy atom. The first-order valence-electron chi connectivity index (χ1n) is 8.43. The van der Waals surface area contributed by atoms with Crippen LogP contribution in [0.4, 0.5) is 11.4 Å². The van der Waals surface area contributed by atoms with E-state index in [-0.39, 0.29) is 0 Å². The molecule has 0 atom stereocenters. The van der Waals surface area contributed by atoms with Gasteiger partial charge in [0.05, 0.1) is 28.4 Å². The maximum Gasteiger partial charge on any atom is 0.339 e. The van der Waals surface area contributed by atoms with Crippen LogP contribution < -0.4 is 10.2 Å². The predicted octanol–water partition coefficient (Wildman–Crippen LogP) is 4.30. The number of esters is 1. The fourth-order valence-electron chi connectivity index (χ4n) is 2.92. The zero-order valence-electron chi connectivity index (χ0n) is 14.7. The van der Waals surface area contributed by atoms with E-state index in [9.17, 15) is 4.79 Å². The number of anilines is 2. The van der Waals surface area contributed by atoms with Crippen LogP contribution in [-0.2, 0) is 4.74 Å². The van der Waals surface area contributed by atoms with Gasteiger partial charge in [-0.3, -0.25) is 0 Å². The van der Waals surface area contributed by atoms with E-state index in [1.807, 2.05) is 30.3 Å². The minimum absolute atomic E-state index is 0.398. The van der Waals surface area contributed by atoms with Gasteiger partial charge in [0.1, 0.15) is 0 Å². The van der Waals surface area contributed by atoms with Crippen LogP contribution in [0.2, 0.25) is 10.0 Å². The number of nitrogens with one attached hydrogen (secondary N) is 1. The van der Waals surface area contributed by atoms with E-state index in [0.717, 1.165) is 31.9 Å². The molecule has 0 saturated carbocycles. The molecule has 0 aromatic heterocycles. The molecule has 1 aliphatic rings. The summed E-state index contributed by atoms with van der Waals surface area (Å²) in [6.45, 7) is 3.12. The van der Waals surface area contributed by atoms with Crippen LogP contribution in [0.15, 0.2) is 42.5 Å².